The van der Waals surface area contributed by atoms with Crippen molar-refractivity contribution in [2.45, 2.75) is 64.7 Å². The maximum Gasteiger partial charge on any atom is 0.162 e. The number of hydrogen-bond acceptors (Lipinski definition) is 6. The van der Waals surface area contributed by atoms with Gasteiger partial charge in [0, 0.05) is 40.5 Å². The van der Waals surface area contributed by atoms with E-state index in [0.29, 0.717) is 0 Å². The molecule has 270 valence electrons. The van der Waals surface area contributed by atoms with Crippen LogP contribution in [-0.4, -0.2) is 29.3 Å². The molecule has 0 fully saturated rings. The second-order valence-electron chi connectivity index (χ2n) is 15.2. The molecule has 3 aliphatic rings. The van der Waals surface area contributed by atoms with Crippen LogP contribution in [0.25, 0.3) is 11.4 Å². The molecule has 9 rings (SSSR count). The summed E-state index contributed by atoms with van der Waals surface area (Å²) in [4.78, 5) is 20.7. The van der Waals surface area contributed by atoms with Gasteiger partial charge in [0.15, 0.2) is 11.6 Å². The van der Waals surface area contributed by atoms with Gasteiger partial charge in [-0.25, -0.2) is 9.97 Å². The van der Waals surface area contributed by atoms with E-state index in [4.69, 9.17) is 16.5 Å². The molecule has 4 unspecified atom stereocenters. The second kappa shape index (κ2) is 12.9. The Hall–Kier alpha value is -5.88. The van der Waals surface area contributed by atoms with Gasteiger partial charge in [0.05, 0.1) is 17.6 Å². The summed E-state index contributed by atoms with van der Waals surface area (Å²) in [5.74, 6) is 1.69. The lowest BCUT2D eigenvalue weighted by Crippen LogP contribution is -2.65. The number of fused-ring (bicyclic) bond motifs is 6. The van der Waals surface area contributed by atoms with Gasteiger partial charge in [-0.05, 0) is 86.2 Å². The largest absolute Gasteiger partial charge is 0.350 e. The molecule has 6 aromatic rings. The summed E-state index contributed by atoms with van der Waals surface area (Å²) in [6, 6.07) is 46.2. The highest BCUT2D eigenvalue weighted by atomic mass is 15.5. The molecule has 0 aliphatic carbocycles. The van der Waals surface area contributed by atoms with Crippen molar-refractivity contribution < 1.29 is 0 Å². The molecular weight excluding hydrogens is 661 g/mol. The van der Waals surface area contributed by atoms with Crippen molar-refractivity contribution in [2.75, 3.05) is 26.6 Å². The van der Waals surface area contributed by atoms with Crippen molar-refractivity contribution in [3.63, 3.8) is 0 Å². The third-order valence-electron chi connectivity index (χ3n) is 12.9. The predicted molar refractivity (Wildman–Crippen MR) is 225 cm³/mol. The molecule has 3 aliphatic heterocycles. The summed E-state index contributed by atoms with van der Waals surface area (Å²) >= 11 is 0. The molecule has 0 radical (unpaired) electrons. The highest BCUT2D eigenvalue weighted by molar-refractivity contribution is 5.91. The van der Waals surface area contributed by atoms with Gasteiger partial charge in [-0.1, -0.05) is 111 Å². The molecule has 6 nitrogen and oxygen atoms in total. The number of allylic oxidation sites excluding steroid dienone is 1. The van der Waals surface area contributed by atoms with Gasteiger partial charge in [-0.2, -0.15) is 0 Å². The maximum atomic E-state index is 5.43. The van der Waals surface area contributed by atoms with Gasteiger partial charge in [0.25, 0.3) is 0 Å². The van der Waals surface area contributed by atoms with Crippen LogP contribution in [0.4, 0.5) is 39.9 Å². The lowest BCUT2D eigenvalue weighted by molar-refractivity contribution is 0.0763. The van der Waals surface area contributed by atoms with Crippen LogP contribution in [0.3, 0.4) is 0 Å². The Morgan fingerprint density at radius 1 is 0.648 bits per heavy atom. The molecular formula is C48H48N6. The summed E-state index contributed by atoms with van der Waals surface area (Å²) in [7, 11) is 2.23. The Balaban J connectivity index is 1.30. The van der Waals surface area contributed by atoms with Crippen LogP contribution in [0.1, 0.15) is 49.8 Å². The van der Waals surface area contributed by atoms with Crippen LogP contribution >= 0.6 is 0 Å². The summed E-state index contributed by atoms with van der Waals surface area (Å²) < 4.78 is 0. The number of para-hydroxylation sites is 5. The minimum Gasteiger partial charge on any atom is -0.350 e. The average Bonchev–Trinajstić information content (AvgIpc) is 3.70. The molecule has 0 saturated heterocycles. The first-order valence-corrected chi connectivity index (χ1v) is 19.4. The number of benzene rings is 5. The van der Waals surface area contributed by atoms with Crippen molar-refractivity contribution in [3.05, 3.63) is 163 Å². The fourth-order valence-corrected chi connectivity index (χ4v) is 10.2. The zero-order valence-electron chi connectivity index (χ0n) is 31.9. The van der Waals surface area contributed by atoms with Crippen LogP contribution in [0.2, 0.25) is 0 Å². The molecule has 0 N–H and O–H groups in total. The highest BCUT2D eigenvalue weighted by Gasteiger charge is 2.64. The number of aromatic nitrogens is 2. The number of nitrogens with zero attached hydrogens (tertiary/aromatic N) is 6. The van der Waals surface area contributed by atoms with Gasteiger partial charge in [-0.15, -0.1) is 6.58 Å². The molecule has 0 saturated carbocycles. The van der Waals surface area contributed by atoms with Gasteiger partial charge in [0.1, 0.15) is 18.0 Å². The summed E-state index contributed by atoms with van der Waals surface area (Å²) in [6.07, 6.45) is 6.89. The first-order valence-electron chi connectivity index (χ1n) is 19.4. The van der Waals surface area contributed by atoms with Crippen molar-refractivity contribution in [2.24, 2.45) is 5.41 Å². The Bertz CT molecular complexity index is 2370. The number of anilines is 7. The van der Waals surface area contributed by atoms with Crippen LogP contribution in [0.5, 0.6) is 0 Å². The van der Waals surface area contributed by atoms with E-state index < -0.39 is 0 Å². The quantitative estimate of drug-likeness (QED) is 0.147. The monoisotopic (exact) mass is 708 g/mol. The van der Waals surface area contributed by atoms with E-state index in [2.05, 4.69) is 188 Å². The van der Waals surface area contributed by atoms with Crippen molar-refractivity contribution in [3.8, 4) is 11.4 Å². The van der Waals surface area contributed by atoms with Crippen LogP contribution < -0.4 is 19.6 Å². The van der Waals surface area contributed by atoms with Crippen molar-refractivity contribution in [1.82, 2.24) is 9.97 Å². The number of aryl methyl sites for hydroxylation is 2. The van der Waals surface area contributed by atoms with Crippen molar-refractivity contribution >= 4 is 39.9 Å². The van der Waals surface area contributed by atoms with Gasteiger partial charge in [0.2, 0.25) is 0 Å². The molecule has 4 atom stereocenters. The van der Waals surface area contributed by atoms with Crippen LogP contribution in [0, 0.1) is 19.3 Å². The van der Waals surface area contributed by atoms with E-state index in [1.54, 1.807) is 0 Å². The zero-order chi connectivity index (χ0) is 37.2. The van der Waals surface area contributed by atoms with Gasteiger partial charge >= 0.3 is 0 Å². The van der Waals surface area contributed by atoms with E-state index in [1.165, 1.54) is 33.9 Å². The number of hydrogen-bond donors (Lipinski definition) is 0. The Morgan fingerprint density at radius 2 is 1.26 bits per heavy atom. The minimum absolute atomic E-state index is 0.0420. The third-order valence-corrected chi connectivity index (χ3v) is 12.9. The predicted octanol–water partition coefficient (Wildman–Crippen LogP) is 11.6. The molecule has 0 bridgehead atoms. The fraction of sp³-hybridized carbons (Fsp3) is 0.250. The average molecular weight is 709 g/mol. The molecule has 1 aromatic heterocycles. The topological polar surface area (TPSA) is 38.7 Å². The Labute approximate surface area is 320 Å². The number of rotatable bonds is 8. The zero-order valence-corrected chi connectivity index (χ0v) is 31.9. The minimum atomic E-state index is -0.362. The molecule has 54 heavy (non-hydrogen) atoms. The Morgan fingerprint density at radius 3 is 1.93 bits per heavy atom. The van der Waals surface area contributed by atoms with E-state index >= 15 is 0 Å². The van der Waals surface area contributed by atoms with E-state index in [0.717, 1.165) is 53.4 Å². The lowest BCUT2D eigenvalue weighted by atomic mass is 9.51. The maximum absolute atomic E-state index is 5.43. The lowest BCUT2D eigenvalue weighted by Gasteiger charge is -2.62. The highest BCUT2D eigenvalue weighted by Crippen LogP contribution is 2.67. The summed E-state index contributed by atoms with van der Waals surface area (Å²) in [5.41, 5.74) is 11.2. The van der Waals surface area contributed by atoms with Crippen LogP contribution in [-0.2, 0) is 5.41 Å². The summed E-state index contributed by atoms with van der Waals surface area (Å²) in [6.45, 7) is 13.8. The first-order chi connectivity index (χ1) is 26.4. The van der Waals surface area contributed by atoms with Gasteiger partial charge < -0.3 is 19.6 Å². The fourth-order valence-electron chi connectivity index (χ4n) is 10.2. The molecule has 0 spiro atoms. The SMILES string of the molecule is C=CC1(CC)c2ccccc2N2c3ccccc3N(c3ccccc3)C2C1(CC)CC1N(C)c2cnc(-c3ccccc3C)nc2N1c1ccccc1C. The van der Waals surface area contributed by atoms with E-state index in [-0.39, 0.29) is 23.2 Å². The van der Waals surface area contributed by atoms with Crippen LogP contribution in [0.15, 0.2) is 146 Å². The molecule has 0 amide bonds. The van der Waals surface area contributed by atoms with Gasteiger partial charge in [-0.3, -0.25) is 0 Å². The molecule has 6 heteroatoms. The first kappa shape index (κ1) is 33.9. The third kappa shape index (κ3) is 4.65. The Kier molecular flexibility index (Phi) is 8.11. The summed E-state index contributed by atoms with van der Waals surface area (Å²) in [5, 5.41) is 0. The standard InChI is InChI=1S/C48H48N6/c1-7-47(8-2)37-26-16-18-28-39(37)53-41-30-20-19-29-40(41)52(35-23-11-10-12-24-35)46(53)48(47,9-3)31-43-51(6)42-32-49-44(36-25-15-13-21-33(36)4)50-45(42)54(43)38-27-17-14-22-34(38)5/h7,10-30,32,43,46H,1,8-9,31H2,2-6H3. The smallest absolute Gasteiger partial charge is 0.162 e. The second-order valence-corrected chi connectivity index (χ2v) is 15.2. The van der Waals surface area contributed by atoms with E-state index in [1.807, 2.05) is 6.20 Å². The van der Waals surface area contributed by atoms with E-state index in [9.17, 15) is 0 Å². The molecule has 5 aromatic carbocycles. The van der Waals surface area contributed by atoms with Crippen molar-refractivity contribution in [1.29, 1.82) is 0 Å². The molecule has 4 heterocycles. The normalized spacial score (nSPS) is 22.5.